The summed E-state index contributed by atoms with van der Waals surface area (Å²) in [7, 11) is 0. The van der Waals surface area contributed by atoms with Crippen LogP contribution in [-0.4, -0.2) is 19.6 Å². The summed E-state index contributed by atoms with van der Waals surface area (Å²) >= 11 is 0. The van der Waals surface area contributed by atoms with E-state index in [0.717, 1.165) is 77.7 Å². The first-order chi connectivity index (χ1) is 27.8. The molecule has 6 heteroatoms. The molecule has 10 rings (SSSR count). The van der Waals surface area contributed by atoms with Crippen molar-refractivity contribution in [3.63, 3.8) is 0 Å². The molecule has 0 radical (unpaired) electrons. The quantitative estimate of drug-likeness (QED) is 0.169. The molecule has 284 valence electrons. The van der Waals surface area contributed by atoms with Crippen LogP contribution in [0.15, 0.2) is 174 Å². The van der Waals surface area contributed by atoms with Gasteiger partial charge in [0.2, 0.25) is 0 Å². The molecule has 0 fully saturated rings. The fourth-order valence-corrected chi connectivity index (χ4v) is 7.90. The standard InChI is InChI=1S/C52H38N3O2.Pt/c1-52(2,3)38-24-25-45(41(30-38)34-17-8-5-9-18-34)55-46-22-14-20-39(36-27-35(33-15-6-4-7-16-33)28-37(29-36)44-21-12-13-26-53-44)50(46)54-51(55)43-32-49-42(31-47(43)56)40-19-10-11-23-48(40)57-49;/h4-28,30-32,56H,1-3H3;/q-1;. The zero-order valence-corrected chi connectivity index (χ0v) is 34.5. The molecule has 0 saturated heterocycles. The van der Waals surface area contributed by atoms with Crippen LogP contribution in [0.25, 0.3) is 94.7 Å². The third kappa shape index (κ3) is 6.52. The van der Waals surface area contributed by atoms with Crippen molar-refractivity contribution < 1.29 is 30.6 Å². The second-order valence-electron chi connectivity index (χ2n) is 15.5. The van der Waals surface area contributed by atoms with E-state index in [9.17, 15) is 5.11 Å². The van der Waals surface area contributed by atoms with Crippen molar-refractivity contribution in [2.75, 3.05) is 0 Å². The largest absolute Gasteiger partial charge is 0.507 e. The minimum absolute atomic E-state index is 0. The number of furan rings is 1. The number of phenols is 1. The molecule has 1 N–H and O–H groups in total. The van der Waals surface area contributed by atoms with Crippen molar-refractivity contribution in [3.8, 4) is 67.5 Å². The van der Waals surface area contributed by atoms with Crippen LogP contribution >= 0.6 is 0 Å². The second kappa shape index (κ2) is 14.8. The SMILES string of the molecule is CC(C)(C)c1ccc(-n2c(-c3cc4oc5ccccc5c4cc3O)nc3c(-c4[c-]c(-c5ccccn5)cc(-c5ccccc5)c4)cccc32)c(-c2ccccc2)c1.[Pt]. The minimum atomic E-state index is -0.0788. The zero-order chi connectivity index (χ0) is 38.7. The number of hydrogen-bond donors (Lipinski definition) is 1. The van der Waals surface area contributed by atoms with Gasteiger partial charge >= 0.3 is 0 Å². The average molecular weight is 932 g/mol. The number of fused-ring (bicyclic) bond motifs is 4. The molecule has 0 aliphatic heterocycles. The number of aromatic nitrogens is 3. The summed E-state index contributed by atoms with van der Waals surface area (Å²) in [5.41, 5.74) is 13.6. The summed E-state index contributed by atoms with van der Waals surface area (Å²) in [6, 6.07) is 59.5. The molecular formula is C52H38N3O2Pt-. The molecule has 0 unspecified atom stereocenters. The third-order valence-electron chi connectivity index (χ3n) is 10.8. The molecule has 0 spiro atoms. The Morgan fingerprint density at radius 3 is 2.07 bits per heavy atom. The van der Waals surface area contributed by atoms with Crippen LogP contribution < -0.4 is 0 Å². The average Bonchev–Trinajstić information content (AvgIpc) is 3.82. The fourth-order valence-electron chi connectivity index (χ4n) is 7.90. The van der Waals surface area contributed by atoms with Gasteiger partial charge in [0.1, 0.15) is 22.7 Å². The Balaban J connectivity index is 0.00000436. The maximum absolute atomic E-state index is 12.0. The van der Waals surface area contributed by atoms with Crippen LogP contribution in [0.2, 0.25) is 0 Å². The van der Waals surface area contributed by atoms with Crippen LogP contribution in [-0.2, 0) is 26.5 Å². The molecule has 58 heavy (non-hydrogen) atoms. The molecule has 0 bridgehead atoms. The Labute approximate surface area is 351 Å². The number of para-hydroxylation sites is 2. The van der Waals surface area contributed by atoms with Crippen molar-refractivity contribution in [1.82, 2.24) is 14.5 Å². The van der Waals surface area contributed by atoms with Crippen molar-refractivity contribution >= 4 is 33.0 Å². The molecule has 7 aromatic carbocycles. The van der Waals surface area contributed by atoms with Crippen molar-refractivity contribution in [2.45, 2.75) is 26.2 Å². The number of nitrogens with zero attached hydrogens (tertiary/aromatic N) is 3. The maximum Gasteiger partial charge on any atom is 0.148 e. The van der Waals surface area contributed by atoms with Gasteiger partial charge in [-0.15, -0.1) is 23.8 Å². The number of rotatable bonds is 6. The van der Waals surface area contributed by atoms with Gasteiger partial charge < -0.3 is 9.52 Å². The van der Waals surface area contributed by atoms with Crippen LogP contribution in [0.5, 0.6) is 5.75 Å². The number of hydrogen-bond acceptors (Lipinski definition) is 4. The van der Waals surface area contributed by atoms with E-state index in [0.29, 0.717) is 17.0 Å². The molecule has 3 aromatic heterocycles. The van der Waals surface area contributed by atoms with Gasteiger partial charge in [-0.1, -0.05) is 147 Å². The van der Waals surface area contributed by atoms with Gasteiger partial charge in [-0.25, -0.2) is 4.98 Å². The van der Waals surface area contributed by atoms with Gasteiger partial charge in [-0.3, -0.25) is 9.55 Å². The predicted octanol–water partition coefficient (Wildman–Crippen LogP) is 13.5. The molecule has 10 aromatic rings. The number of phenolic OH excluding ortho intramolecular Hbond substituents is 1. The first-order valence-corrected chi connectivity index (χ1v) is 19.2. The van der Waals surface area contributed by atoms with E-state index in [4.69, 9.17) is 14.4 Å². The third-order valence-corrected chi connectivity index (χ3v) is 10.8. The Morgan fingerprint density at radius 1 is 0.586 bits per heavy atom. The molecule has 5 nitrogen and oxygen atoms in total. The van der Waals surface area contributed by atoms with E-state index < -0.39 is 0 Å². The molecule has 0 aliphatic carbocycles. The Morgan fingerprint density at radius 2 is 1.31 bits per heavy atom. The van der Waals surface area contributed by atoms with Crippen LogP contribution in [0.3, 0.4) is 0 Å². The molecule has 0 amide bonds. The van der Waals surface area contributed by atoms with Crippen LogP contribution in [0.1, 0.15) is 26.3 Å². The van der Waals surface area contributed by atoms with Crippen LogP contribution in [0, 0.1) is 6.07 Å². The summed E-state index contributed by atoms with van der Waals surface area (Å²) < 4.78 is 8.57. The molecule has 0 aliphatic rings. The molecule has 0 atom stereocenters. The summed E-state index contributed by atoms with van der Waals surface area (Å²) in [5.74, 6) is 0.719. The van der Waals surface area contributed by atoms with Gasteiger partial charge in [-0.05, 0) is 64.6 Å². The van der Waals surface area contributed by atoms with Gasteiger partial charge in [-0.2, -0.15) is 0 Å². The van der Waals surface area contributed by atoms with E-state index in [1.807, 2.05) is 66.9 Å². The summed E-state index contributed by atoms with van der Waals surface area (Å²) in [4.78, 5) is 10.2. The number of imidazole rings is 1. The topological polar surface area (TPSA) is 64.1 Å². The summed E-state index contributed by atoms with van der Waals surface area (Å²) in [5, 5.41) is 13.8. The zero-order valence-electron chi connectivity index (χ0n) is 32.2. The van der Waals surface area contributed by atoms with Gasteiger partial charge in [0.15, 0.2) is 0 Å². The number of pyridine rings is 1. The fraction of sp³-hybridized carbons (Fsp3) is 0.0769. The first-order valence-electron chi connectivity index (χ1n) is 19.2. The smallest absolute Gasteiger partial charge is 0.148 e. The Bertz CT molecular complexity index is 3050. The number of benzene rings is 7. The van der Waals surface area contributed by atoms with Crippen LogP contribution in [0.4, 0.5) is 0 Å². The van der Waals surface area contributed by atoms with E-state index in [1.54, 1.807) is 6.07 Å². The minimum Gasteiger partial charge on any atom is -0.507 e. The van der Waals surface area contributed by atoms with E-state index in [1.165, 1.54) is 5.56 Å². The summed E-state index contributed by atoms with van der Waals surface area (Å²) in [6.45, 7) is 6.71. The van der Waals surface area contributed by atoms with E-state index >= 15 is 0 Å². The van der Waals surface area contributed by atoms with Gasteiger partial charge in [0, 0.05) is 49.3 Å². The van der Waals surface area contributed by atoms with Crippen molar-refractivity contribution in [1.29, 1.82) is 0 Å². The van der Waals surface area contributed by atoms with E-state index in [2.05, 4.69) is 128 Å². The maximum atomic E-state index is 12.0. The predicted molar refractivity (Wildman–Crippen MR) is 233 cm³/mol. The van der Waals surface area contributed by atoms with Crippen molar-refractivity contribution in [2.24, 2.45) is 0 Å². The molecule has 3 heterocycles. The monoisotopic (exact) mass is 931 g/mol. The molecule has 0 saturated carbocycles. The van der Waals surface area contributed by atoms with Gasteiger partial charge in [0.25, 0.3) is 0 Å². The number of aromatic hydroxyl groups is 1. The van der Waals surface area contributed by atoms with Gasteiger partial charge in [0.05, 0.1) is 22.3 Å². The Kier molecular flexibility index (Phi) is 9.42. The van der Waals surface area contributed by atoms with Crippen molar-refractivity contribution in [3.05, 3.63) is 182 Å². The first kappa shape index (κ1) is 37.0. The second-order valence-corrected chi connectivity index (χ2v) is 15.5. The van der Waals surface area contributed by atoms with E-state index in [-0.39, 0.29) is 32.2 Å². The normalized spacial score (nSPS) is 11.6. The Hall–Kier alpha value is -6.55. The summed E-state index contributed by atoms with van der Waals surface area (Å²) in [6.07, 6.45) is 1.81. The molecular weight excluding hydrogens is 894 g/mol.